The molecule has 2 unspecified atom stereocenters. The van der Waals surface area contributed by atoms with E-state index < -0.39 is 0 Å². The van der Waals surface area contributed by atoms with Gasteiger partial charge in [0.2, 0.25) is 0 Å². The lowest BCUT2D eigenvalue weighted by Gasteiger charge is -2.39. The molecule has 0 saturated carbocycles. The molecule has 0 bridgehead atoms. The number of benzene rings is 1. The average Bonchev–Trinajstić information content (AvgIpc) is 3.50. The highest BCUT2D eigenvalue weighted by atomic mass is 32.1. The van der Waals surface area contributed by atoms with Crippen LogP contribution in [0.4, 0.5) is 16.2 Å². The number of carbonyl (C=O) groups excluding carboxylic acids is 1. The molecule has 35 heavy (non-hydrogen) atoms. The molecule has 180 valence electrons. The van der Waals surface area contributed by atoms with Crippen molar-refractivity contribution in [1.29, 1.82) is 0 Å². The van der Waals surface area contributed by atoms with E-state index in [4.69, 9.17) is 0 Å². The number of aromatic amines is 1. The van der Waals surface area contributed by atoms with Crippen molar-refractivity contribution in [2.45, 2.75) is 32.4 Å². The second-order valence-electron chi connectivity index (χ2n) is 9.55. The van der Waals surface area contributed by atoms with Crippen LogP contribution in [0.15, 0.2) is 48.1 Å². The van der Waals surface area contributed by atoms with Crippen molar-refractivity contribution >= 4 is 55.6 Å². The third-order valence-electron chi connectivity index (χ3n) is 6.80. The number of fused-ring (bicyclic) bond motifs is 2. The van der Waals surface area contributed by atoms with Gasteiger partial charge >= 0.3 is 6.03 Å². The molecule has 2 aliphatic rings. The van der Waals surface area contributed by atoms with Gasteiger partial charge in [-0.15, -0.1) is 11.3 Å². The smallest absolute Gasteiger partial charge is 0.320 e. The first-order valence-electron chi connectivity index (χ1n) is 12.1. The Hall–Kier alpha value is -3.43. The molecule has 0 radical (unpaired) electrons. The Morgan fingerprint density at radius 3 is 2.77 bits per heavy atom. The molecule has 6 rings (SSSR count). The quantitative estimate of drug-likeness (QED) is 0.386. The first kappa shape index (κ1) is 22.1. The highest BCUT2D eigenvalue weighted by molar-refractivity contribution is 7.16. The molecule has 5 heterocycles. The van der Waals surface area contributed by atoms with Crippen molar-refractivity contribution < 1.29 is 4.79 Å². The summed E-state index contributed by atoms with van der Waals surface area (Å²) < 4.78 is 1.16. The van der Waals surface area contributed by atoms with E-state index in [9.17, 15) is 4.79 Å². The summed E-state index contributed by atoms with van der Waals surface area (Å²) in [7, 11) is 0. The number of nitrogens with zero attached hydrogens (tertiary/aromatic N) is 4. The van der Waals surface area contributed by atoms with Gasteiger partial charge in [0, 0.05) is 61.2 Å². The lowest BCUT2D eigenvalue weighted by molar-refractivity contribution is 0.131. The van der Waals surface area contributed by atoms with Crippen LogP contribution in [0.1, 0.15) is 26.0 Å². The number of urea groups is 1. The van der Waals surface area contributed by atoms with Crippen LogP contribution in [0.5, 0.6) is 0 Å². The monoisotopic (exact) mass is 487 g/mol. The van der Waals surface area contributed by atoms with Gasteiger partial charge in [0.1, 0.15) is 5.65 Å². The molecule has 4 aromatic rings. The van der Waals surface area contributed by atoms with E-state index in [1.54, 1.807) is 11.3 Å². The molecule has 3 N–H and O–H groups in total. The number of hydrogen-bond donors (Lipinski definition) is 3. The third kappa shape index (κ3) is 4.37. The zero-order valence-electron chi connectivity index (χ0n) is 19.9. The molecule has 2 aliphatic heterocycles. The second kappa shape index (κ2) is 8.98. The third-order valence-corrected chi connectivity index (χ3v) is 7.59. The molecule has 2 atom stereocenters. The van der Waals surface area contributed by atoms with Gasteiger partial charge in [0.05, 0.1) is 21.4 Å². The van der Waals surface area contributed by atoms with Gasteiger partial charge in [0.25, 0.3) is 0 Å². The molecule has 8 nitrogen and oxygen atoms in total. The molecular formula is C26H29N7OS. The number of H-pyrrole nitrogens is 1. The summed E-state index contributed by atoms with van der Waals surface area (Å²) in [4.78, 5) is 29.4. The maximum atomic E-state index is 13.1. The SMILES string of the molecule is CC1CN(C(=O)N2CC=C(c3cc4c(Nc5ccc6ncsc6c5)ccnc4[nH]3)CC2)CC(C)N1. The molecule has 1 aromatic carbocycles. The van der Waals surface area contributed by atoms with Crippen molar-refractivity contribution in [3.63, 3.8) is 0 Å². The summed E-state index contributed by atoms with van der Waals surface area (Å²) in [5, 5.41) is 8.09. The standard InChI is InChI=1S/C26H29N7OS/c1-16-13-33(14-17(2)29-16)26(34)32-9-6-18(7-10-32)23-12-20-21(5-8-27-25(20)31-23)30-19-3-4-22-24(11-19)35-15-28-22/h3-6,8,11-12,15-17,29H,7,9-10,13-14H2,1-2H3,(H2,27,30,31). The minimum atomic E-state index is 0.142. The molecule has 0 aliphatic carbocycles. The van der Waals surface area contributed by atoms with E-state index >= 15 is 0 Å². The van der Waals surface area contributed by atoms with Crippen LogP contribution in [-0.2, 0) is 0 Å². The minimum Gasteiger partial charge on any atom is -0.355 e. The van der Waals surface area contributed by atoms with Crippen molar-refractivity contribution in [2.24, 2.45) is 0 Å². The van der Waals surface area contributed by atoms with E-state index in [2.05, 4.69) is 63.7 Å². The Kier molecular flexibility index (Phi) is 5.66. The number of amides is 2. The number of piperazine rings is 1. The maximum Gasteiger partial charge on any atom is 0.320 e. The Morgan fingerprint density at radius 1 is 1.11 bits per heavy atom. The Balaban J connectivity index is 1.19. The molecule has 1 fully saturated rings. The fourth-order valence-corrected chi connectivity index (χ4v) is 5.88. The fraction of sp³-hybridized carbons (Fsp3) is 0.346. The molecular weight excluding hydrogens is 458 g/mol. The van der Waals surface area contributed by atoms with Gasteiger partial charge in [-0.25, -0.2) is 14.8 Å². The van der Waals surface area contributed by atoms with Crippen LogP contribution in [0.25, 0.3) is 26.8 Å². The number of hydrogen-bond acceptors (Lipinski definition) is 6. The minimum absolute atomic E-state index is 0.142. The van der Waals surface area contributed by atoms with Gasteiger partial charge < -0.3 is 25.4 Å². The van der Waals surface area contributed by atoms with Gasteiger partial charge in [-0.3, -0.25) is 0 Å². The number of aromatic nitrogens is 3. The van der Waals surface area contributed by atoms with Crippen molar-refractivity contribution in [3.05, 3.63) is 53.8 Å². The topological polar surface area (TPSA) is 89.2 Å². The van der Waals surface area contributed by atoms with Crippen molar-refractivity contribution in [2.75, 3.05) is 31.5 Å². The van der Waals surface area contributed by atoms with Crippen LogP contribution in [0.2, 0.25) is 0 Å². The van der Waals surface area contributed by atoms with Gasteiger partial charge in [-0.2, -0.15) is 0 Å². The van der Waals surface area contributed by atoms with E-state index in [0.717, 1.165) is 64.4 Å². The molecule has 0 spiro atoms. The van der Waals surface area contributed by atoms with Crippen LogP contribution >= 0.6 is 11.3 Å². The van der Waals surface area contributed by atoms with Crippen molar-refractivity contribution in [1.82, 2.24) is 30.1 Å². The Labute approximate surface area is 208 Å². The normalized spacial score (nSPS) is 20.9. The number of pyridine rings is 1. The van der Waals surface area contributed by atoms with Crippen LogP contribution < -0.4 is 10.6 Å². The number of nitrogens with one attached hydrogen (secondary N) is 3. The predicted octanol–water partition coefficient (Wildman–Crippen LogP) is 4.81. The first-order chi connectivity index (χ1) is 17.0. The van der Waals surface area contributed by atoms with Crippen LogP contribution in [0.3, 0.4) is 0 Å². The van der Waals surface area contributed by atoms with Gasteiger partial charge in [-0.05, 0) is 56.2 Å². The van der Waals surface area contributed by atoms with Gasteiger partial charge in [0.15, 0.2) is 0 Å². The predicted molar refractivity (Wildman–Crippen MR) is 142 cm³/mol. The van der Waals surface area contributed by atoms with Crippen LogP contribution in [-0.4, -0.2) is 69.0 Å². The summed E-state index contributed by atoms with van der Waals surface area (Å²) in [5.41, 5.74) is 8.07. The van der Waals surface area contributed by atoms with Crippen molar-refractivity contribution in [3.8, 4) is 0 Å². The molecule has 3 aromatic heterocycles. The first-order valence-corrected chi connectivity index (χ1v) is 13.0. The Morgan fingerprint density at radius 2 is 1.97 bits per heavy atom. The Bertz CT molecular complexity index is 1410. The van der Waals surface area contributed by atoms with E-state index in [-0.39, 0.29) is 6.03 Å². The summed E-state index contributed by atoms with van der Waals surface area (Å²) in [5.74, 6) is 0. The summed E-state index contributed by atoms with van der Waals surface area (Å²) >= 11 is 1.64. The van der Waals surface area contributed by atoms with E-state index in [1.165, 1.54) is 5.57 Å². The zero-order chi connectivity index (χ0) is 23.9. The fourth-order valence-electron chi connectivity index (χ4n) is 5.17. The largest absolute Gasteiger partial charge is 0.355 e. The van der Waals surface area contributed by atoms with E-state index in [1.807, 2.05) is 33.6 Å². The van der Waals surface area contributed by atoms with E-state index in [0.29, 0.717) is 18.6 Å². The lowest BCUT2D eigenvalue weighted by Crippen LogP contribution is -2.58. The number of anilines is 2. The second-order valence-corrected chi connectivity index (χ2v) is 10.4. The number of rotatable bonds is 3. The summed E-state index contributed by atoms with van der Waals surface area (Å²) in [6.07, 6.45) is 4.81. The molecule has 9 heteroatoms. The van der Waals surface area contributed by atoms with Crippen LogP contribution in [0, 0.1) is 0 Å². The molecule has 1 saturated heterocycles. The maximum absolute atomic E-state index is 13.1. The highest BCUT2D eigenvalue weighted by Gasteiger charge is 2.29. The average molecular weight is 488 g/mol. The highest BCUT2D eigenvalue weighted by Crippen LogP contribution is 2.31. The molecule has 2 amide bonds. The number of thiazole rings is 1. The zero-order valence-corrected chi connectivity index (χ0v) is 20.7. The van der Waals surface area contributed by atoms with Gasteiger partial charge in [-0.1, -0.05) is 6.08 Å². The summed E-state index contributed by atoms with van der Waals surface area (Å²) in [6.45, 7) is 7.14. The lowest BCUT2D eigenvalue weighted by atomic mass is 10.0. The number of carbonyl (C=O) groups is 1. The summed E-state index contributed by atoms with van der Waals surface area (Å²) in [6, 6.07) is 11.2.